The first-order chi connectivity index (χ1) is 38.2. The van der Waals surface area contributed by atoms with Crippen LogP contribution in [-0.4, -0.2) is 40.8 Å². The minimum atomic E-state index is -0.0618. The summed E-state index contributed by atoms with van der Waals surface area (Å²) in [4.78, 5) is 0. The minimum Gasteiger partial charge on any atom is -0.309 e. The molecule has 7 aliphatic heterocycles. The van der Waals surface area contributed by atoms with Gasteiger partial charge in [0.1, 0.15) is 0 Å². The third-order valence-corrected chi connectivity index (χ3v) is 19.8. The summed E-state index contributed by atoms with van der Waals surface area (Å²) in [6.07, 6.45) is 2.79. The van der Waals surface area contributed by atoms with Gasteiger partial charge in [0, 0.05) is 68.5 Å². The van der Waals surface area contributed by atoms with Crippen LogP contribution in [0.5, 0.6) is 0 Å². The quantitative estimate of drug-likeness (QED) is 0.122. The molecule has 11 heterocycles. The van der Waals surface area contributed by atoms with Gasteiger partial charge in [0.15, 0.2) is 0 Å². The number of hydrogen-bond donors (Lipinski definition) is 0. The molecule has 6 nitrogen and oxygen atoms in total. The van der Waals surface area contributed by atoms with Crippen molar-refractivity contribution in [3.8, 4) is 34.1 Å². The first-order valence-electron chi connectivity index (χ1n) is 27.5. The second kappa shape index (κ2) is 12.4. The molecule has 0 saturated carbocycles. The molecule has 350 valence electrons. The molecule has 22 rings (SSSR count). The molecule has 0 bridgehead atoms. The highest BCUT2D eigenvalue weighted by Crippen LogP contribution is 2.48. The SMILES string of the molecule is c1ccc2c(c1)c1ccccc1n2-c1ccc2c(c1)-n1c3cccc4c3n3c5c6c7c8c(c51)B2c1ccc(-n2c5ccccc5c5ccccc52)cc1-n8c1cccc2c1n7-c1c(ccc5c1B6c1c(ccc(c1-3)C4)C5)C2. The van der Waals surface area contributed by atoms with Crippen LogP contribution in [0.25, 0.3) is 122 Å². The number of rotatable bonds is 2. The van der Waals surface area contributed by atoms with Gasteiger partial charge in [-0.15, -0.1) is 0 Å². The standard InChI is InChI=1S/C69H38B2N6/c1-5-17-50-44(13-1)45-14-2-6-18-51(45)72(50)42-27-29-48-56(34-42)74-54-21-9-11-38-32-40-25-23-36-31-37-24-26-41-33-39-12-10-22-55-63(39)77-65(41)59(37)71-58(36)64(40)76(62(38)54)68-61(71)69(77)67-60(66(68)74)70(48)49-30-28-43(35-57(49)75(55)67)73-52-19-7-3-15-46(52)47-16-4-8-20-53(47)73/h1-30,34-35H,31-33H2. The van der Waals surface area contributed by atoms with E-state index in [2.05, 4.69) is 222 Å². The second-order valence-electron chi connectivity index (χ2n) is 23.0. The second-order valence-corrected chi connectivity index (χ2v) is 23.0. The Morgan fingerprint density at radius 1 is 0.260 bits per heavy atom. The number of hydrogen-bond acceptors (Lipinski definition) is 0. The van der Waals surface area contributed by atoms with Crippen molar-refractivity contribution in [3.05, 3.63) is 228 Å². The molecular formula is C69H38B2N6. The Morgan fingerprint density at radius 3 is 1.09 bits per heavy atom. The molecule has 4 aromatic heterocycles. The van der Waals surface area contributed by atoms with E-state index in [0.717, 1.165) is 19.3 Å². The third kappa shape index (κ3) is 3.99. The van der Waals surface area contributed by atoms with E-state index >= 15 is 0 Å². The van der Waals surface area contributed by atoms with Crippen molar-refractivity contribution >= 4 is 134 Å². The molecule has 11 aromatic carbocycles. The van der Waals surface area contributed by atoms with Crippen molar-refractivity contribution in [1.82, 2.24) is 27.4 Å². The molecule has 0 aliphatic carbocycles. The Bertz CT molecular complexity index is 5140. The highest BCUT2D eigenvalue weighted by molar-refractivity contribution is 7.04. The van der Waals surface area contributed by atoms with Gasteiger partial charge in [-0.25, -0.2) is 0 Å². The van der Waals surface area contributed by atoms with Crippen LogP contribution in [0.1, 0.15) is 33.4 Å². The molecule has 77 heavy (non-hydrogen) atoms. The predicted octanol–water partition coefficient (Wildman–Crippen LogP) is 10.8. The van der Waals surface area contributed by atoms with Gasteiger partial charge in [-0.2, -0.15) is 0 Å². The maximum Gasteiger partial charge on any atom is 0.253 e. The topological polar surface area (TPSA) is 29.6 Å². The van der Waals surface area contributed by atoms with E-state index in [4.69, 9.17) is 0 Å². The summed E-state index contributed by atoms with van der Waals surface area (Å²) in [6.45, 7) is 0.0439. The number of aromatic nitrogens is 6. The van der Waals surface area contributed by atoms with Crippen molar-refractivity contribution in [3.63, 3.8) is 0 Å². The van der Waals surface area contributed by atoms with Crippen molar-refractivity contribution in [2.75, 3.05) is 0 Å². The molecule has 0 N–H and O–H groups in total. The maximum atomic E-state index is 2.81. The normalized spacial score (nSPS) is 14.5. The Kier molecular flexibility index (Phi) is 6.10. The number of nitrogens with zero attached hydrogens (tertiary/aromatic N) is 6. The predicted molar refractivity (Wildman–Crippen MR) is 318 cm³/mol. The van der Waals surface area contributed by atoms with E-state index in [9.17, 15) is 0 Å². The lowest BCUT2D eigenvalue weighted by atomic mass is 9.29. The van der Waals surface area contributed by atoms with Gasteiger partial charge in [-0.05, 0) is 133 Å². The van der Waals surface area contributed by atoms with Gasteiger partial charge in [-0.3, -0.25) is 0 Å². The molecule has 0 fully saturated rings. The molecule has 0 amide bonds. The molecule has 7 aliphatic rings. The lowest BCUT2D eigenvalue weighted by molar-refractivity contribution is 0.982. The smallest absolute Gasteiger partial charge is 0.253 e. The van der Waals surface area contributed by atoms with Crippen molar-refractivity contribution < 1.29 is 0 Å². The van der Waals surface area contributed by atoms with Crippen LogP contribution in [0.15, 0.2) is 194 Å². The lowest BCUT2D eigenvalue weighted by Crippen LogP contribution is -2.67. The van der Waals surface area contributed by atoms with Crippen LogP contribution in [0.3, 0.4) is 0 Å². The Morgan fingerprint density at radius 2 is 0.636 bits per heavy atom. The molecular weight excluding hydrogens is 934 g/mol. The summed E-state index contributed by atoms with van der Waals surface area (Å²) in [6, 6.07) is 75.1. The minimum absolute atomic E-state index is 0.0618. The largest absolute Gasteiger partial charge is 0.309 e. The Hall–Kier alpha value is -9.65. The van der Waals surface area contributed by atoms with Gasteiger partial charge in [0.2, 0.25) is 0 Å². The first-order valence-corrected chi connectivity index (χ1v) is 27.5. The van der Waals surface area contributed by atoms with Crippen LogP contribution in [0, 0.1) is 0 Å². The fourth-order valence-corrected chi connectivity index (χ4v) is 17.2. The average Bonchev–Trinajstić information content (AvgIpc) is 3.32. The van der Waals surface area contributed by atoms with Crippen LogP contribution in [-0.2, 0) is 19.3 Å². The van der Waals surface area contributed by atoms with Crippen LogP contribution in [0.4, 0.5) is 0 Å². The van der Waals surface area contributed by atoms with Crippen LogP contribution < -0.4 is 32.8 Å². The van der Waals surface area contributed by atoms with Gasteiger partial charge in [0.05, 0.1) is 66.2 Å². The summed E-state index contributed by atoms with van der Waals surface area (Å²) < 4.78 is 16.2. The zero-order chi connectivity index (χ0) is 49.0. The monoisotopic (exact) mass is 972 g/mol. The highest BCUT2D eigenvalue weighted by Gasteiger charge is 2.51. The third-order valence-electron chi connectivity index (χ3n) is 19.8. The molecule has 15 aromatic rings. The van der Waals surface area contributed by atoms with Gasteiger partial charge >= 0.3 is 0 Å². The van der Waals surface area contributed by atoms with E-state index in [-0.39, 0.29) is 13.4 Å². The summed E-state index contributed by atoms with van der Waals surface area (Å²) in [5, 5.41) is 5.10. The summed E-state index contributed by atoms with van der Waals surface area (Å²) in [5.41, 5.74) is 40.6. The Balaban J connectivity index is 0.995. The van der Waals surface area contributed by atoms with E-state index in [1.165, 1.54) is 188 Å². The van der Waals surface area contributed by atoms with Gasteiger partial charge in [-0.1, -0.05) is 133 Å². The lowest BCUT2D eigenvalue weighted by Gasteiger charge is -2.47. The number of fused-ring (bicyclic) bond motifs is 14. The molecule has 0 radical (unpaired) electrons. The molecule has 0 spiro atoms. The van der Waals surface area contributed by atoms with E-state index in [1.54, 1.807) is 0 Å². The fourth-order valence-electron chi connectivity index (χ4n) is 17.2. The van der Waals surface area contributed by atoms with Crippen molar-refractivity contribution in [1.29, 1.82) is 0 Å². The van der Waals surface area contributed by atoms with Crippen molar-refractivity contribution in [2.24, 2.45) is 0 Å². The number of para-hydroxylation sites is 6. The summed E-state index contributed by atoms with van der Waals surface area (Å²) in [7, 11) is 0. The van der Waals surface area contributed by atoms with E-state index < -0.39 is 0 Å². The zero-order valence-corrected chi connectivity index (χ0v) is 41.4. The van der Waals surface area contributed by atoms with E-state index in [0.29, 0.717) is 0 Å². The highest BCUT2D eigenvalue weighted by atomic mass is 15.1. The zero-order valence-electron chi connectivity index (χ0n) is 41.4. The van der Waals surface area contributed by atoms with Crippen LogP contribution >= 0.6 is 0 Å². The molecule has 8 heteroatoms. The molecule has 0 unspecified atom stereocenters. The van der Waals surface area contributed by atoms with E-state index in [1.807, 2.05) is 0 Å². The molecule has 0 atom stereocenters. The Labute approximate surface area is 439 Å². The van der Waals surface area contributed by atoms with Crippen molar-refractivity contribution in [2.45, 2.75) is 19.3 Å². The maximum absolute atomic E-state index is 2.81. The fraction of sp³-hybridized carbons (Fsp3) is 0.0435. The van der Waals surface area contributed by atoms with Gasteiger partial charge < -0.3 is 27.4 Å². The van der Waals surface area contributed by atoms with Gasteiger partial charge in [0.25, 0.3) is 13.4 Å². The average molecular weight is 973 g/mol. The molecule has 0 saturated heterocycles. The summed E-state index contributed by atoms with van der Waals surface area (Å²) in [5.74, 6) is 0. The van der Waals surface area contributed by atoms with Crippen LogP contribution in [0.2, 0.25) is 0 Å². The number of benzene rings is 11. The first kappa shape index (κ1) is 38.0. The summed E-state index contributed by atoms with van der Waals surface area (Å²) >= 11 is 0.